The normalized spacial score (nSPS) is 10.7. The summed E-state index contributed by atoms with van der Waals surface area (Å²) in [5.41, 5.74) is 0.724. The Hall–Kier alpha value is -2.63. The second kappa shape index (κ2) is 6.34. The first kappa shape index (κ1) is 14.4. The minimum Gasteiger partial charge on any atom is -0.478 e. The molecular weight excluding hydrogens is 250 g/mol. The largest absolute Gasteiger partial charge is 0.478 e. The predicted molar refractivity (Wildman–Crippen MR) is 67.8 cm³/mol. The molecule has 0 bridgehead atoms. The quantitative estimate of drug-likeness (QED) is 0.633. The number of anilines is 1. The summed E-state index contributed by atoms with van der Waals surface area (Å²) in [5, 5.41) is 11.0. The summed E-state index contributed by atoms with van der Waals surface area (Å²) < 4.78 is 4.56. The zero-order valence-electron chi connectivity index (χ0n) is 10.5. The highest BCUT2D eigenvalue weighted by atomic mass is 16.5. The molecule has 1 amide bonds. The maximum absolute atomic E-state index is 11.6. The lowest BCUT2D eigenvalue weighted by Crippen LogP contribution is -2.14. The van der Waals surface area contributed by atoms with Gasteiger partial charge < -0.3 is 15.2 Å². The molecule has 0 aliphatic carbocycles. The SMILES string of the molecule is COC(=O)c1cccc(NC(=O)/C(C)=C\C(=O)O)c1. The lowest BCUT2D eigenvalue weighted by atomic mass is 10.2. The third-order valence-corrected chi connectivity index (χ3v) is 2.24. The number of methoxy groups -OCH3 is 1. The molecule has 19 heavy (non-hydrogen) atoms. The molecule has 0 fully saturated rings. The summed E-state index contributed by atoms with van der Waals surface area (Å²) in [6, 6.07) is 6.15. The first-order valence-corrected chi connectivity index (χ1v) is 5.35. The number of carbonyl (C=O) groups is 3. The van der Waals surface area contributed by atoms with Crippen LogP contribution in [-0.2, 0) is 14.3 Å². The molecule has 0 radical (unpaired) electrons. The van der Waals surface area contributed by atoms with Gasteiger partial charge in [-0.15, -0.1) is 0 Å². The van der Waals surface area contributed by atoms with Crippen LogP contribution in [0.5, 0.6) is 0 Å². The summed E-state index contributed by atoms with van der Waals surface area (Å²) in [4.78, 5) is 33.4. The molecule has 0 aliphatic rings. The van der Waals surface area contributed by atoms with Gasteiger partial charge in [0.05, 0.1) is 12.7 Å². The molecule has 0 saturated carbocycles. The van der Waals surface area contributed by atoms with Crippen LogP contribution in [0, 0.1) is 0 Å². The van der Waals surface area contributed by atoms with Gasteiger partial charge in [-0.25, -0.2) is 9.59 Å². The predicted octanol–water partition coefficient (Wildman–Crippen LogP) is 1.44. The molecule has 0 aromatic heterocycles. The number of carboxylic acid groups (broad SMARTS) is 1. The van der Waals surface area contributed by atoms with E-state index in [4.69, 9.17) is 5.11 Å². The van der Waals surface area contributed by atoms with E-state index in [9.17, 15) is 14.4 Å². The van der Waals surface area contributed by atoms with Gasteiger partial charge in [-0.05, 0) is 25.1 Å². The number of hydrogen-bond acceptors (Lipinski definition) is 4. The summed E-state index contributed by atoms with van der Waals surface area (Å²) >= 11 is 0. The van der Waals surface area contributed by atoms with Crippen molar-refractivity contribution in [2.24, 2.45) is 0 Å². The van der Waals surface area contributed by atoms with Crippen LogP contribution in [0.2, 0.25) is 0 Å². The van der Waals surface area contributed by atoms with Crippen molar-refractivity contribution < 1.29 is 24.2 Å². The van der Waals surface area contributed by atoms with E-state index in [1.165, 1.54) is 20.1 Å². The number of rotatable bonds is 4. The Morgan fingerprint density at radius 3 is 2.58 bits per heavy atom. The van der Waals surface area contributed by atoms with Crippen molar-refractivity contribution >= 4 is 23.5 Å². The summed E-state index contributed by atoms with van der Waals surface area (Å²) in [7, 11) is 1.26. The Morgan fingerprint density at radius 1 is 1.32 bits per heavy atom. The average molecular weight is 263 g/mol. The smallest absolute Gasteiger partial charge is 0.337 e. The first-order valence-electron chi connectivity index (χ1n) is 5.35. The number of esters is 1. The van der Waals surface area contributed by atoms with Gasteiger partial charge in [-0.3, -0.25) is 4.79 Å². The Kier molecular flexibility index (Phi) is 4.82. The molecular formula is C13H13NO5. The van der Waals surface area contributed by atoms with E-state index >= 15 is 0 Å². The molecule has 2 N–H and O–H groups in total. The number of ether oxygens (including phenoxy) is 1. The van der Waals surface area contributed by atoms with Crippen LogP contribution >= 0.6 is 0 Å². The number of benzene rings is 1. The zero-order chi connectivity index (χ0) is 14.4. The fraction of sp³-hybridized carbons (Fsp3) is 0.154. The van der Waals surface area contributed by atoms with E-state index < -0.39 is 17.8 Å². The van der Waals surface area contributed by atoms with Crippen molar-refractivity contribution in [3.05, 3.63) is 41.5 Å². The highest BCUT2D eigenvalue weighted by Gasteiger charge is 2.09. The fourth-order valence-corrected chi connectivity index (χ4v) is 1.32. The van der Waals surface area contributed by atoms with Gasteiger partial charge in [-0.2, -0.15) is 0 Å². The molecule has 1 rings (SSSR count). The summed E-state index contributed by atoms with van der Waals surface area (Å²) in [5.74, 6) is -2.27. The summed E-state index contributed by atoms with van der Waals surface area (Å²) in [6.07, 6.45) is 0.805. The molecule has 1 aromatic rings. The second-order valence-corrected chi connectivity index (χ2v) is 3.69. The molecule has 1 aromatic carbocycles. The number of amides is 1. The Labute approximate surface area is 109 Å². The van der Waals surface area contributed by atoms with Crippen LogP contribution in [0.4, 0.5) is 5.69 Å². The van der Waals surface area contributed by atoms with Gasteiger partial charge in [0.2, 0.25) is 0 Å². The van der Waals surface area contributed by atoms with Crippen LogP contribution in [0.25, 0.3) is 0 Å². The molecule has 100 valence electrons. The lowest BCUT2D eigenvalue weighted by molar-refractivity contribution is -0.131. The minimum atomic E-state index is -1.20. The van der Waals surface area contributed by atoms with Crippen LogP contribution in [0.1, 0.15) is 17.3 Å². The van der Waals surface area contributed by atoms with Gasteiger partial charge in [-0.1, -0.05) is 6.07 Å². The van der Waals surface area contributed by atoms with Gasteiger partial charge in [0.25, 0.3) is 5.91 Å². The third kappa shape index (κ3) is 4.27. The van der Waals surface area contributed by atoms with Gasteiger partial charge in [0.15, 0.2) is 0 Å². The molecule has 6 heteroatoms. The highest BCUT2D eigenvalue weighted by Crippen LogP contribution is 2.12. The van der Waals surface area contributed by atoms with Crippen LogP contribution in [-0.4, -0.2) is 30.1 Å². The van der Waals surface area contributed by atoms with Gasteiger partial charge in [0, 0.05) is 17.3 Å². The summed E-state index contributed by atoms with van der Waals surface area (Å²) in [6.45, 7) is 1.38. The number of nitrogens with one attached hydrogen (secondary N) is 1. The Balaban J connectivity index is 2.86. The van der Waals surface area contributed by atoms with Gasteiger partial charge >= 0.3 is 11.9 Å². The maximum Gasteiger partial charge on any atom is 0.337 e. The Morgan fingerprint density at radius 2 is 2.00 bits per heavy atom. The second-order valence-electron chi connectivity index (χ2n) is 3.69. The molecule has 0 unspecified atom stereocenters. The van der Waals surface area contributed by atoms with Crippen molar-refractivity contribution in [1.29, 1.82) is 0 Å². The molecule has 0 spiro atoms. The van der Waals surface area contributed by atoms with E-state index in [0.29, 0.717) is 11.3 Å². The number of aliphatic carboxylic acids is 1. The van der Waals surface area contributed by atoms with Crippen LogP contribution in [0.3, 0.4) is 0 Å². The van der Waals surface area contributed by atoms with Gasteiger partial charge in [0.1, 0.15) is 0 Å². The minimum absolute atomic E-state index is 0.0518. The van der Waals surface area contributed by atoms with Crippen LogP contribution < -0.4 is 5.32 Å². The lowest BCUT2D eigenvalue weighted by Gasteiger charge is -2.06. The number of carbonyl (C=O) groups excluding carboxylic acids is 2. The first-order chi connectivity index (χ1) is 8.93. The Bertz CT molecular complexity index is 548. The van der Waals surface area contributed by atoms with Crippen molar-refractivity contribution in [1.82, 2.24) is 0 Å². The van der Waals surface area contributed by atoms with E-state index in [-0.39, 0.29) is 5.57 Å². The fourth-order valence-electron chi connectivity index (χ4n) is 1.32. The van der Waals surface area contributed by atoms with E-state index in [0.717, 1.165) is 6.08 Å². The average Bonchev–Trinajstić information content (AvgIpc) is 2.37. The van der Waals surface area contributed by atoms with Crippen molar-refractivity contribution in [2.75, 3.05) is 12.4 Å². The topological polar surface area (TPSA) is 92.7 Å². The van der Waals surface area contributed by atoms with E-state index in [2.05, 4.69) is 10.1 Å². The van der Waals surface area contributed by atoms with Crippen LogP contribution in [0.15, 0.2) is 35.9 Å². The molecule has 0 atom stereocenters. The third-order valence-electron chi connectivity index (χ3n) is 2.24. The standard InChI is InChI=1S/C13H13NO5/c1-8(6-11(15)16)12(17)14-10-5-3-4-9(7-10)13(18)19-2/h3-7H,1-2H3,(H,14,17)(H,15,16)/b8-6-. The van der Waals surface area contributed by atoms with E-state index in [1.54, 1.807) is 18.2 Å². The molecule has 0 saturated heterocycles. The van der Waals surface area contributed by atoms with E-state index in [1.807, 2.05) is 0 Å². The molecule has 0 heterocycles. The van der Waals surface area contributed by atoms with Crippen molar-refractivity contribution in [3.63, 3.8) is 0 Å². The number of hydrogen-bond donors (Lipinski definition) is 2. The molecule has 0 aliphatic heterocycles. The monoisotopic (exact) mass is 263 g/mol. The van der Waals surface area contributed by atoms with Crippen molar-refractivity contribution in [3.8, 4) is 0 Å². The maximum atomic E-state index is 11.6. The highest BCUT2D eigenvalue weighted by molar-refractivity contribution is 6.06. The zero-order valence-corrected chi connectivity index (χ0v) is 10.5. The van der Waals surface area contributed by atoms with Crippen molar-refractivity contribution in [2.45, 2.75) is 6.92 Å². The number of carboxylic acids is 1. The molecule has 6 nitrogen and oxygen atoms in total.